The number of rotatable bonds is 27. The summed E-state index contributed by atoms with van der Waals surface area (Å²) in [4.78, 5) is 24.0. The Morgan fingerprint density at radius 3 is 1.90 bits per heavy atom. The van der Waals surface area contributed by atoms with Crippen LogP contribution in [0, 0.1) is 5.92 Å². The van der Waals surface area contributed by atoms with Crippen molar-refractivity contribution in [2.45, 2.75) is 136 Å². The molecule has 6 nitrogen and oxygen atoms in total. The lowest BCUT2D eigenvalue weighted by molar-refractivity contribution is -0.161. The number of hydrogen-bond acceptors (Lipinski definition) is 6. The van der Waals surface area contributed by atoms with Crippen LogP contribution in [0.2, 0.25) is 0 Å². The molecule has 0 aliphatic carbocycles. The van der Waals surface area contributed by atoms with Crippen LogP contribution in [-0.4, -0.2) is 47.6 Å². The van der Waals surface area contributed by atoms with Gasteiger partial charge in [-0.25, -0.2) is 0 Å². The van der Waals surface area contributed by atoms with Crippen LogP contribution in [-0.2, 0) is 19.1 Å². The van der Waals surface area contributed by atoms with Crippen LogP contribution in [0.25, 0.3) is 0 Å². The van der Waals surface area contributed by atoms with Gasteiger partial charge in [-0.2, -0.15) is 0 Å². The fourth-order valence-electron chi connectivity index (χ4n) is 4.02. The van der Waals surface area contributed by atoms with Crippen molar-refractivity contribution in [2.75, 3.05) is 13.2 Å². The van der Waals surface area contributed by atoms with Crippen LogP contribution in [0.5, 0.6) is 0 Å². The molecule has 0 bridgehead atoms. The number of unbranched alkanes of at least 4 members (excludes halogenated alkanes) is 7. The van der Waals surface area contributed by atoms with Gasteiger partial charge in [0.25, 0.3) is 0 Å². The molecule has 240 valence electrons. The first kappa shape index (κ1) is 39.6. The lowest BCUT2D eigenvalue weighted by Gasteiger charge is -2.15. The minimum Gasteiger partial charge on any atom is -0.462 e. The van der Waals surface area contributed by atoms with Crippen molar-refractivity contribution in [1.82, 2.24) is 0 Å². The highest BCUT2D eigenvalue weighted by molar-refractivity contribution is 5.70. The summed E-state index contributed by atoms with van der Waals surface area (Å²) in [5.41, 5.74) is 0. The molecule has 0 rings (SSSR count). The highest BCUT2D eigenvalue weighted by Gasteiger charge is 2.16. The number of carbonyl (C=O) groups is 2. The molecule has 0 aromatic rings. The molecule has 2 N–H and O–H groups in total. The zero-order chi connectivity index (χ0) is 31.1. The SMILES string of the molecule is CC[C@H](O)/C=C/C=C\C/C=C\C/C=C\C/C=C\CCCC(=O)OC[C@H](CO)OC(=O)CCCCCCCCCC(C)C. The van der Waals surface area contributed by atoms with Crippen molar-refractivity contribution < 1.29 is 29.3 Å². The van der Waals surface area contributed by atoms with E-state index in [-0.39, 0.29) is 37.7 Å². The summed E-state index contributed by atoms with van der Waals surface area (Å²) in [7, 11) is 0. The average molecular weight is 589 g/mol. The van der Waals surface area contributed by atoms with Gasteiger partial charge in [0.15, 0.2) is 6.10 Å². The zero-order valence-electron chi connectivity index (χ0n) is 26.8. The quantitative estimate of drug-likeness (QED) is 0.0433. The van der Waals surface area contributed by atoms with E-state index in [4.69, 9.17) is 9.47 Å². The first-order valence-electron chi connectivity index (χ1n) is 16.3. The summed E-state index contributed by atoms with van der Waals surface area (Å²) < 4.78 is 10.5. The Labute approximate surface area is 256 Å². The Kier molecular flexibility index (Phi) is 28.3. The Morgan fingerprint density at radius 1 is 0.714 bits per heavy atom. The fraction of sp³-hybridized carbons (Fsp3) is 0.667. The van der Waals surface area contributed by atoms with Crippen LogP contribution >= 0.6 is 0 Å². The standard InChI is InChI=1S/C36H60O6/c1-4-33(38)27-23-19-15-11-9-7-5-6-8-10-12-16-20-24-28-35(39)41-31-34(30-37)42-36(40)29-25-21-17-13-14-18-22-26-32(2)3/h6-9,12,15-16,19,23,27,32-34,37-38H,4-5,10-11,13-14,17-18,20-22,24-26,28-31H2,1-3H3/b8-6-,9-7-,16-12-,19-15-,27-23+/t33-,34-/m0/s1. The van der Waals surface area contributed by atoms with Gasteiger partial charge in [0.1, 0.15) is 6.61 Å². The van der Waals surface area contributed by atoms with Gasteiger partial charge in [-0.15, -0.1) is 0 Å². The van der Waals surface area contributed by atoms with Gasteiger partial charge in [0, 0.05) is 12.8 Å². The highest BCUT2D eigenvalue weighted by Crippen LogP contribution is 2.13. The minimum atomic E-state index is -0.803. The van der Waals surface area contributed by atoms with Crippen LogP contribution < -0.4 is 0 Å². The molecule has 0 saturated heterocycles. The van der Waals surface area contributed by atoms with Crippen molar-refractivity contribution in [3.63, 3.8) is 0 Å². The van der Waals surface area contributed by atoms with Gasteiger partial charge in [-0.05, 0) is 50.9 Å². The lowest BCUT2D eigenvalue weighted by Crippen LogP contribution is -2.28. The fourth-order valence-corrected chi connectivity index (χ4v) is 4.02. The van der Waals surface area contributed by atoms with Crippen molar-refractivity contribution in [1.29, 1.82) is 0 Å². The first-order chi connectivity index (χ1) is 20.4. The number of esters is 2. The molecule has 0 amide bonds. The molecule has 0 unspecified atom stereocenters. The van der Waals surface area contributed by atoms with Crippen LogP contribution in [0.1, 0.15) is 124 Å². The van der Waals surface area contributed by atoms with Crippen LogP contribution in [0.4, 0.5) is 0 Å². The van der Waals surface area contributed by atoms with E-state index < -0.39 is 6.10 Å². The molecule has 0 aromatic heterocycles. The zero-order valence-corrected chi connectivity index (χ0v) is 26.8. The number of carbonyl (C=O) groups excluding carboxylic acids is 2. The first-order valence-corrected chi connectivity index (χ1v) is 16.3. The molecule has 0 aliphatic heterocycles. The summed E-state index contributed by atoms with van der Waals surface area (Å²) in [6.07, 6.45) is 33.8. The second kappa shape index (κ2) is 30.0. The third-order valence-electron chi connectivity index (χ3n) is 6.66. The van der Waals surface area contributed by atoms with Gasteiger partial charge in [0.2, 0.25) is 0 Å². The van der Waals surface area contributed by atoms with E-state index in [0.29, 0.717) is 12.8 Å². The molecular formula is C36H60O6. The Balaban J connectivity index is 3.77. The second-order valence-corrected chi connectivity index (χ2v) is 11.2. The number of aliphatic hydroxyl groups is 2. The molecule has 0 fully saturated rings. The van der Waals surface area contributed by atoms with Crippen molar-refractivity contribution in [3.8, 4) is 0 Å². The third kappa shape index (κ3) is 29.1. The topological polar surface area (TPSA) is 93.1 Å². The van der Waals surface area contributed by atoms with E-state index in [1.54, 1.807) is 6.08 Å². The van der Waals surface area contributed by atoms with E-state index >= 15 is 0 Å². The summed E-state index contributed by atoms with van der Waals surface area (Å²) in [6.45, 7) is 6.00. The maximum Gasteiger partial charge on any atom is 0.306 e. The Hall–Kier alpha value is -2.44. The Morgan fingerprint density at radius 2 is 1.29 bits per heavy atom. The van der Waals surface area contributed by atoms with E-state index in [2.05, 4.69) is 56.4 Å². The minimum absolute atomic E-state index is 0.108. The highest BCUT2D eigenvalue weighted by atomic mass is 16.6. The molecule has 2 atom stereocenters. The number of hydrogen-bond donors (Lipinski definition) is 2. The van der Waals surface area contributed by atoms with Crippen LogP contribution in [0.3, 0.4) is 0 Å². The molecule has 0 heterocycles. The molecule has 0 aliphatic rings. The Bertz CT molecular complexity index is 793. The van der Waals surface area contributed by atoms with E-state index in [1.165, 1.54) is 32.1 Å². The number of ether oxygens (including phenoxy) is 2. The molecule has 6 heteroatoms. The number of allylic oxidation sites excluding steroid dienone is 9. The molecule has 0 radical (unpaired) electrons. The predicted octanol–water partition coefficient (Wildman–Crippen LogP) is 8.49. The van der Waals surface area contributed by atoms with Crippen molar-refractivity contribution in [3.05, 3.63) is 60.8 Å². The van der Waals surface area contributed by atoms with Crippen LogP contribution in [0.15, 0.2) is 60.8 Å². The van der Waals surface area contributed by atoms with Gasteiger partial charge >= 0.3 is 11.9 Å². The molecular weight excluding hydrogens is 528 g/mol. The third-order valence-corrected chi connectivity index (χ3v) is 6.66. The maximum absolute atomic E-state index is 12.0. The second-order valence-electron chi connectivity index (χ2n) is 11.2. The van der Waals surface area contributed by atoms with Gasteiger partial charge in [-0.1, -0.05) is 126 Å². The smallest absolute Gasteiger partial charge is 0.306 e. The monoisotopic (exact) mass is 588 g/mol. The van der Waals surface area contributed by atoms with E-state index in [0.717, 1.165) is 57.3 Å². The van der Waals surface area contributed by atoms with Crippen molar-refractivity contribution in [2.24, 2.45) is 5.92 Å². The largest absolute Gasteiger partial charge is 0.462 e. The molecule has 0 aromatic carbocycles. The van der Waals surface area contributed by atoms with E-state index in [1.807, 2.05) is 19.1 Å². The summed E-state index contributed by atoms with van der Waals surface area (Å²) >= 11 is 0. The normalized spacial score (nSPS) is 13.9. The average Bonchev–Trinajstić information content (AvgIpc) is 2.97. The van der Waals surface area contributed by atoms with Gasteiger partial charge < -0.3 is 19.7 Å². The van der Waals surface area contributed by atoms with Gasteiger partial charge in [-0.3, -0.25) is 9.59 Å². The summed E-state index contributed by atoms with van der Waals surface area (Å²) in [5, 5.41) is 18.9. The van der Waals surface area contributed by atoms with Crippen molar-refractivity contribution >= 4 is 11.9 Å². The molecule has 0 saturated carbocycles. The number of aliphatic hydroxyl groups excluding tert-OH is 2. The lowest BCUT2D eigenvalue weighted by atomic mass is 10.0. The summed E-state index contributed by atoms with van der Waals surface area (Å²) in [6, 6.07) is 0. The molecule has 0 spiro atoms. The predicted molar refractivity (Wildman–Crippen MR) is 174 cm³/mol. The van der Waals surface area contributed by atoms with Gasteiger partial charge in [0.05, 0.1) is 12.7 Å². The summed E-state index contributed by atoms with van der Waals surface area (Å²) in [5.74, 6) is 0.0908. The van der Waals surface area contributed by atoms with E-state index in [9.17, 15) is 19.8 Å². The maximum atomic E-state index is 12.0. The molecule has 42 heavy (non-hydrogen) atoms.